The van der Waals surface area contributed by atoms with E-state index in [-0.39, 0.29) is 5.91 Å². The first kappa shape index (κ1) is 27.9. The summed E-state index contributed by atoms with van der Waals surface area (Å²) in [5.74, 6) is 1.85. The first-order valence-electron chi connectivity index (χ1n) is 13.2. The van der Waals surface area contributed by atoms with Gasteiger partial charge in [-0.3, -0.25) is 9.69 Å². The minimum absolute atomic E-state index is 0.209. The molecule has 39 heavy (non-hydrogen) atoms. The third-order valence-corrected chi connectivity index (χ3v) is 6.37. The molecule has 1 atom stereocenters. The third-order valence-electron chi connectivity index (χ3n) is 6.37. The molecule has 1 fully saturated rings. The van der Waals surface area contributed by atoms with Gasteiger partial charge < -0.3 is 30.2 Å². The van der Waals surface area contributed by atoms with Crippen LogP contribution in [-0.2, 0) is 16.0 Å². The van der Waals surface area contributed by atoms with Gasteiger partial charge in [0.15, 0.2) is 0 Å². The molecule has 0 unspecified atom stereocenters. The van der Waals surface area contributed by atoms with Crippen LogP contribution in [0.25, 0.3) is 0 Å². The second kappa shape index (κ2) is 14.8. The van der Waals surface area contributed by atoms with Crippen molar-refractivity contribution in [1.29, 1.82) is 0 Å². The van der Waals surface area contributed by atoms with Crippen molar-refractivity contribution in [2.45, 2.75) is 18.9 Å². The Morgan fingerprint density at radius 1 is 0.897 bits per heavy atom. The molecule has 0 spiro atoms. The van der Waals surface area contributed by atoms with Gasteiger partial charge in [0.1, 0.15) is 23.3 Å². The predicted octanol–water partition coefficient (Wildman–Crippen LogP) is 4.06. The molecule has 4 rings (SSSR count). The van der Waals surface area contributed by atoms with Gasteiger partial charge >= 0.3 is 6.03 Å². The molecule has 0 aliphatic carbocycles. The highest BCUT2D eigenvalue weighted by Gasteiger charge is 2.21. The average molecular weight is 533 g/mol. The van der Waals surface area contributed by atoms with E-state index in [2.05, 4.69) is 20.9 Å². The fourth-order valence-corrected chi connectivity index (χ4v) is 4.23. The molecule has 3 aromatic rings. The van der Waals surface area contributed by atoms with Gasteiger partial charge in [0.05, 0.1) is 20.3 Å². The zero-order valence-corrected chi connectivity index (χ0v) is 22.2. The van der Waals surface area contributed by atoms with Crippen molar-refractivity contribution in [3.63, 3.8) is 0 Å². The zero-order chi connectivity index (χ0) is 27.3. The van der Waals surface area contributed by atoms with Crippen LogP contribution in [-0.4, -0.2) is 69.4 Å². The van der Waals surface area contributed by atoms with Crippen LogP contribution >= 0.6 is 0 Å². The largest absolute Gasteiger partial charge is 0.497 e. The number of nitrogens with one attached hydrogen (secondary N) is 3. The Balaban J connectivity index is 1.29. The number of hydrogen-bond acceptors (Lipinski definition) is 6. The van der Waals surface area contributed by atoms with E-state index in [0.29, 0.717) is 30.2 Å². The highest BCUT2D eigenvalue weighted by Crippen LogP contribution is 2.25. The van der Waals surface area contributed by atoms with Gasteiger partial charge in [0.25, 0.3) is 0 Å². The van der Waals surface area contributed by atoms with Crippen LogP contribution in [0.3, 0.4) is 0 Å². The van der Waals surface area contributed by atoms with Crippen LogP contribution in [0.5, 0.6) is 17.2 Å². The summed E-state index contributed by atoms with van der Waals surface area (Å²) in [7, 11) is 1.61. The SMILES string of the molecule is COc1ccc(Oc2ccc(NC(=O)N[C@H](Cc3ccccc3)C(=O)NCCCN3CCOCC3)cc2)cc1. The second-order valence-corrected chi connectivity index (χ2v) is 9.24. The van der Waals surface area contributed by atoms with Gasteiger partial charge in [0, 0.05) is 31.7 Å². The molecule has 0 aromatic heterocycles. The number of carbonyl (C=O) groups excluding carboxylic acids is 2. The predicted molar refractivity (Wildman–Crippen MR) is 150 cm³/mol. The lowest BCUT2D eigenvalue weighted by molar-refractivity contribution is -0.122. The maximum atomic E-state index is 13.0. The number of hydrogen-bond donors (Lipinski definition) is 3. The van der Waals surface area contributed by atoms with Crippen molar-refractivity contribution < 1.29 is 23.8 Å². The summed E-state index contributed by atoms with van der Waals surface area (Å²) >= 11 is 0. The lowest BCUT2D eigenvalue weighted by Crippen LogP contribution is -2.49. The maximum Gasteiger partial charge on any atom is 0.319 e. The van der Waals surface area contributed by atoms with Crippen molar-refractivity contribution >= 4 is 17.6 Å². The van der Waals surface area contributed by atoms with Crippen molar-refractivity contribution in [3.05, 3.63) is 84.4 Å². The van der Waals surface area contributed by atoms with Crippen molar-refractivity contribution in [3.8, 4) is 17.2 Å². The lowest BCUT2D eigenvalue weighted by atomic mass is 10.1. The molecular weight excluding hydrogens is 496 g/mol. The monoisotopic (exact) mass is 532 g/mol. The van der Waals surface area contributed by atoms with Crippen LogP contribution in [0.15, 0.2) is 78.9 Å². The van der Waals surface area contributed by atoms with Crippen LogP contribution in [0.2, 0.25) is 0 Å². The number of benzene rings is 3. The highest BCUT2D eigenvalue weighted by atomic mass is 16.5. The minimum Gasteiger partial charge on any atom is -0.497 e. The number of nitrogens with zero attached hydrogens (tertiary/aromatic N) is 1. The van der Waals surface area contributed by atoms with Crippen molar-refractivity contribution in [2.75, 3.05) is 51.8 Å². The Morgan fingerprint density at radius 3 is 2.21 bits per heavy atom. The number of ether oxygens (including phenoxy) is 3. The molecule has 0 bridgehead atoms. The Labute approximate surface area is 229 Å². The molecule has 3 aromatic carbocycles. The van der Waals surface area contributed by atoms with Crippen LogP contribution in [0, 0.1) is 0 Å². The molecule has 0 saturated carbocycles. The van der Waals surface area contributed by atoms with Crippen LogP contribution in [0.4, 0.5) is 10.5 Å². The van der Waals surface area contributed by atoms with E-state index in [1.54, 1.807) is 31.4 Å². The van der Waals surface area contributed by atoms with Crippen LogP contribution < -0.4 is 25.4 Å². The summed E-state index contributed by atoms with van der Waals surface area (Å²) in [5.41, 5.74) is 1.55. The molecule has 1 aliphatic rings. The number of methoxy groups -OCH3 is 1. The number of rotatable bonds is 12. The van der Waals surface area contributed by atoms with Gasteiger partial charge in [-0.15, -0.1) is 0 Å². The van der Waals surface area contributed by atoms with E-state index in [9.17, 15) is 9.59 Å². The Bertz CT molecular complexity index is 1170. The molecule has 9 heteroatoms. The van der Waals surface area contributed by atoms with Gasteiger partial charge in [-0.05, 0) is 67.1 Å². The Morgan fingerprint density at radius 2 is 1.54 bits per heavy atom. The van der Waals surface area contributed by atoms with Gasteiger partial charge in [0.2, 0.25) is 5.91 Å². The molecule has 1 aliphatic heterocycles. The fourth-order valence-electron chi connectivity index (χ4n) is 4.23. The Kier molecular flexibility index (Phi) is 10.6. The molecular formula is C30H36N4O5. The standard InChI is InChI=1S/C30H36N4O5/c1-37-25-12-14-27(15-13-25)39-26-10-8-24(9-11-26)32-30(36)33-28(22-23-6-3-2-4-7-23)29(35)31-16-5-17-34-18-20-38-21-19-34/h2-4,6-15,28H,5,16-22H2,1H3,(H,31,35)(H2,32,33,36)/t28-/m1/s1. The molecule has 3 N–H and O–H groups in total. The van der Waals surface area contributed by atoms with E-state index >= 15 is 0 Å². The van der Waals surface area contributed by atoms with E-state index in [1.165, 1.54) is 0 Å². The molecule has 3 amide bonds. The molecule has 1 saturated heterocycles. The first-order valence-corrected chi connectivity index (χ1v) is 13.2. The smallest absolute Gasteiger partial charge is 0.319 e. The zero-order valence-electron chi connectivity index (χ0n) is 22.2. The first-order chi connectivity index (χ1) is 19.1. The van der Waals surface area contributed by atoms with Gasteiger partial charge in [-0.2, -0.15) is 0 Å². The molecule has 206 valence electrons. The van der Waals surface area contributed by atoms with E-state index in [4.69, 9.17) is 14.2 Å². The molecule has 1 heterocycles. The lowest BCUT2D eigenvalue weighted by Gasteiger charge is -2.26. The third kappa shape index (κ3) is 9.31. The molecule has 9 nitrogen and oxygen atoms in total. The van der Waals surface area contributed by atoms with Gasteiger partial charge in [-0.1, -0.05) is 30.3 Å². The number of morpholine rings is 1. The average Bonchev–Trinajstić information content (AvgIpc) is 2.97. The summed E-state index contributed by atoms with van der Waals surface area (Å²) in [6.45, 7) is 4.78. The van der Waals surface area contributed by atoms with Crippen LogP contribution in [0.1, 0.15) is 12.0 Å². The van der Waals surface area contributed by atoms with E-state index in [0.717, 1.165) is 50.6 Å². The second-order valence-electron chi connectivity index (χ2n) is 9.24. The minimum atomic E-state index is -0.714. The normalized spacial score (nSPS) is 14.2. The van der Waals surface area contributed by atoms with E-state index in [1.807, 2.05) is 54.6 Å². The number of anilines is 1. The van der Waals surface area contributed by atoms with Crippen molar-refractivity contribution in [2.24, 2.45) is 0 Å². The summed E-state index contributed by atoms with van der Waals surface area (Å²) < 4.78 is 16.4. The molecule has 0 radical (unpaired) electrons. The van der Waals surface area contributed by atoms with Gasteiger partial charge in [-0.25, -0.2) is 4.79 Å². The summed E-state index contributed by atoms with van der Waals surface area (Å²) in [5, 5.41) is 8.63. The summed E-state index contributed by atoms with van der Waals surface area (Å²) in [4.78, 5) is 28.2. The topological polar surface area (TPSA) is 101 Å². The summed E-state index contributed by atoms with van der Waals surface area (Å²) in [6.07, 6.45) is 1.22. The number of carbonyl (C=O) groups is 2. The Hall–Kier alpha value is -4.08. The van der Waals surface area contributed by atoms with Crippen molar-refractivity contribution in [1.82, 2.24) is 15.5 Å². The number of amides is 3. The fraction of sp³-hybridized carbons (Fsp3) is 0.333. The quantitative estimate of drug-likeness (QED) is 0.304. The number of urea groups is 1. The highest BCUT2D eigenvalue weighted by molar-refractivity contribution is 5.93. The maximum absolute atomic E-state index is 13.0. The summed E-state index contributed by atoms with van der Waals surface area (Å²) in [6, 6.07) is 22.8. The van der Waals surface area contributed by atoms with E-state index < -0.39 is 12.1 Å².